The molecule has 0 saturated carbocycles. The van der Waals surface area contributed by atoms with Crippen LogP contribution in [0.15, 0.2) is 72.1 Å². The number of amides is 2. The Morgan fingerprint density at radius 1 is 0.929 bits per heavy atom. The maximum absolute atomic E-state index is 12.2. The molecule has 0 spiro atoms. The average Bonchev–Trinajstić information content (AvgIpc) is 3.16. The molecule has 0 aliphatic heterocycles. The summed E-state index contributed by atoms with van der Waals surface area (Å²) in [5.74, 6) is -1.96. The van der Waals surface area contributed by atoms with Gasteiger partial charge in [-0.05, 0) is 24.3 Å². The van der Waals surface area contributed by atoms with E-state index in [0.717, 1.165) is 17.7 Å². The lowest BCUT2D eigenvalue weighted by atomic mass is 10.1. The summed E-state index contributed by atoms with van der Waals surface area (Å²) in [4.78, 5) is 38.5. The molecule has 1 heterocycles. The molecule has 0 aliphatic rings. The van der Waals surface area contributed by atoms with E-state index in [4.69, 9.17) is 5.11 Å². The largest absolute Gasteiger partial charge is 0.478 e. The number of carbonyl (C=O) groups is 3. The average molecular weight is 393 g/mol. The number of aromatic nitrogens is 1. The molecule has 0 saturated heterocycles. The maximum atomic E-state index is 12.2. The van der Waals surface area contributed by atoms with Gasteiger partial charge in [0.25, 0.3) is 5.91 Å². The third-order valence-electron chi connectivity index (χ3n) is 3.59. The van der Waals surface area contributed by atoms with Crippen LogP contribution in [0, 0.1) is 0 Å². The van der Waals surface area contributed by atoms with Gasteiger partial charge in [0, 0.05) is 34.3 Å². The van der Waals surface area contributed by atoms with Gasteiger partial charge in [-0.3, -0.25) is 14.9 Å². The minimum atomic E-state index is -1.20. The Bertz CT molecular complexity index is 1030. The number of nitrogens with one attached hydrogen (secondary N) is 2. The molecule has 0 bridgehead atoms. The Morgan fingerprint density at radius 2 is 1.64 bits per heavy atom. The Labute approximate surface area is 164 Å². The molecule has 2 amide bonds. The molecular weight excluding hydrogens is 378 g/mol. The molecule has 28 heavy (non-hydrogen) atoms. The first kappa shape index (κ1) is 19.0. The molecule has 7 nitrogen and oxygen atoms in total. The van der Waals surface area contributed by atoms with Crippen LogP contribution in [0.3, 0.4) is 0 Å². The molecule has 1 aromatic heterocycles. The van der Waals surface area contributed by atoms with Crippen LogP contribution in [0.25, 0.3) is 11.3 Å². The first-order chi connectivity index (χ1) is 13.5. The number of hydrogen-bond acceptors (Lipinski definition) is 5. The van der Waals surface area contributed by atoms with E-state index in [1.165, 1.54) is 11.3 Å². The number of aliphatic carboxylic acids is 1. The van der Waals surface area contributed by atoms with Crippen molar-refractivity contribution in [1.82, 2.24) is 4.98 Å². The highest BCUT2D eigenvalue weighted by Crippen LogP contribution is 2.26. The van der Waals surface area contributed by atoms with Gasteiger partial charge in [0.2, 0.25) is 5.91 Å². The zero-order valence-electron chi connectivity index (χ0n) is 14.5. The normalized spacial score (nSPS) is 10.6. The third-order valence-corrected chi connectivity index (χ3v) is 4.34. The van der Waals surface area contributed by atoms with Gasteiger partial charge in [-0.25, -0.2) is 9.78 Å². The van der Waals surface area contributed by atoms with Crippen LogP contribution in [0.1, 0.15) is 10.4 Å². The Morgan fingerprint density at radius 3 is 2.32 bits per heavy atom. The minimum Gasteiger partial charge on any atom is -0.478 e. The van der Waals surface area contributed by atoms with Crippen molar-refractivity contribution in [3.63, 3.8) is 0 Å². The first-order valence-corrected chi connectivity index (χ1v) is 9.03. The van der Waals surface area contributed by atoms with Crippen LogP contribution in [-0.2, 0) is 9.59 Å². The van der Waals surface area contributed by atoms with Gasteiger partial charge >= 0.3 is 5.97 Å². The Hall–Kier alpha value is -3.78. The molecule has 8 heteroatoms. The Balaban J connectivity index is 1.64. The number of carbonyl (C=O) groups excluding carboxylic acids is 2. The van der Waals surface area contributed by atoms with Crippen LogP contribution in [0.4, 0.5) is 10.8 Å². The highest BCUT2D eigenvalue weighted by molar-refractivity contribution is 7.14. The minimum absolute atomic E-state index is 0.193. The monoisotopic (exact) mass is 393 g/mol. The van der Waals surface area contributed by atoms with Crippen LogP contribution in [0.2, 0.25) is 0 Å². The van der Waals surface area contributed by atoms with Crippen molar-refractivity contribution < 1.29 is 19.5 Å². The summed E-state index contributed by atoms with van der Waals surface area (Å²) in [5.41, 5.74) is 2.70. The summed E-state index contributed by atoms with van der Waals surface area (Å²) in [6.45, 7) is 0. The predicted molar refractivity (Wildman–Crippen MR) is 107 cm³/mol. The second-order valence-corrected chi connectivity index (χ2v) is 6.45. The highest BCUT2D eigenvalue weighted by Gasteiger charge is 2.08. The number of rotatable bonds is 6. The molecule has 0 radical (unpaired) electrons. The van der Waals surface area contributed by atoms with E-state index in [0.29, 0.717) is 22.1 Å². The van der Waals surface area contributed by atoms with Gasteiger partial charge in [0.1, 0.15) is 0 Å². The molecule has 0 fully saturated rings. The lowest BCUT2D eigenvalue weighted by Gasteiger charge is -2.06. The number of thiazole rings is 1. The number of hydrogen-bond donors (Lipinski definition) is 3. The van der Waals surface area contributed by atoms with Crippen molar-refractivity contribution in [3.8, 4) is 11.3 Å². The molecule has 3 N–H and O–H groups in total. The van der Waals surface area contributed by atoms with E-state index >= 15 is 0 Å². The van der Waals surface area contributed by atoms with Crippen LogP contribution in [0.5, 0.6) is 0 Å². The molecule has 3 aromatic rings. The van der Waals surface area contributed by atoms with Gasteiger partial charge in [-0.2, -0.15) is 0 Å². The Kier molecular flexibility index (Phi) is 5.93. The molecule has 0 aliphatic carbocycles. The van der Waals surface area contributed by atoms with Crippen LogP contribution in [-0.4, -0.2) is 27.9 Å². The topological polar surface area (TPSA) is 108 Å². The van der Waals surface area contributed by atoms with E-state index in [1.807, 2.05) is 18.2 Å². The summed E-state index contributed by atoms with van der Waals surface area (Å²) >= 11 is 1.22. The van der Waals surface area contributed by atoms with Crippen LogP contribution < -0.4 is 10.6 Å². The van der Waals surface area contributed by atoms with Gasteiger partial charge in [-0.1, -0.05) is 30.3 Å². The number of anilines is 2. The van der Waals surface area contributed by atoms with Crippen molar-refractivity contribution in [2.75, 3.05) is 10.6 Å². The van der Waals surface area contributed by atoms with Crippen molar-refractivity contribution in [2.45, 2.75) is 0 Å². The van der Waals surface area contributed by atoms with Crippen molar-refractivity contribution in [2.24, 2.45) is 0 Å². The van der Waals surface area contributed by atoms with Gasteiger partial charge in [-0.15, -0.1) is 11.3 Å². The SMILES string of the molecule is O=C(O)/C=C\C(=O)Nc1nc(-c2ccc(NC(=O)c3ccccc3)cc2)cs1. The van der Waals surface area contributed by atoms with E-state index < -0.39 is 11.9 Å². The van der Waals surface area contributed by atoms with Crippen molar-refractivity contribution >= 4 is 39.9 Å². The molecule has 2 aromatic carbocycles. The zero-order valence-corrected chi connectivity index (χ0v) is 15.3. The van der Waals surface area contributed by atoms with E-state index in [2.05, 4.69) is 15.6 Å². The predicted octanol–water partition coefficient (Wildman–Crippen LogP) is 3.64. The van der Waals surface area contributed by atoms with E-state index in [1.54, 1.807) is 41.8 Å². The van der Waals surface area contributed by atoms with Crippen molar-refractivity contribution in [3.05, 3.63) is 77.7 Å². The zero-order chi connectivity index (χ0) is 19.9. The van der Waals surface area contributed by atoms with Gasteiger partial charge < -0.3 is 10.4 Å². The second kappa shape index (κ2) is 8.74. The molecule has 3 rings (SSSR count). The summed E-state index contributed by atoms with van der Waals surface area (Å²) in [6.07, 6.45) is 1.68. The van der Waals surface area contributed by atoms with E-state index in [-0.39, 0.29) is 5.91 Å². The fraction of sp³-hybridized carbons (Fsp3) is 0. The first-order valence-electron chi connectivity index (χ1n) is 8.15. The maximum Gasteiger partial charge on any atom is 0.328 e. The third kappa shape index (κ3) is 5.12. The lowest BCUT2D eigenvalue weighted by molar-refractivity contribution is -0.131. The number of benzene rings is 2. The quantitative estimate of drug-likeness (QED) is 0.554. The van der Waals surface area contributed by atoms with Gasteiger partial charge in [0.05, 0.1) is 5.69 Å². The summed E-state index contributed by atoms with van der Waals surface area (Å²) < 4.78 is 0. The summed E-state index contributed by atoms with van der Waals surface area (Å²) in [5, 5.41) is 16.0. The van der Waals surface area contributed by atoms with Crippen LogP contribution >= 0.6 is 11.3 Å². The fourth-order valence-electron chi connectivity index (χ4n) is 2.27. The number of nitrogens with zero attached hydrogens (tertiary/aromatic N) is 1. The molecular formula is C20H15N3O4S. The highest BCUT2D eigenvalue weighted by atomic mass is 32.1. The summed E-state index contributed by atoms with van der Waals surface area (Å²) in [7, 11) is 0. The van der Waals surface area contributed by atoms with Gasteiger partial charge in [0.15, 0.2) is 5.13 Å². The van der Waals surface area contributed by atoms with E-state index in [9.17, 15) is 14.4 Å². The van der Waals surface area contributed by atoms with Crippen molar-refractivity contribution in [1.29, 1.82) is 0 Å². The molecule has 0 unspecified atom stereocenters. The molecule has 0 atom stereocenters. The molecule has 140 valence electrons. The lowest BCUT2D eigenvalue weighted by Crippen LogP contribution is -2.11. The smallest absolute Gasteiger partial charge is 0.328 e. The standard InChI is InChI=1S/C20H15N3O4S/c24-17(10-11-18(25)26)23-20-22-16(12-28-20)13-6-8-15(9-7-13)21-19(27)14-4-2-1-3-5-14/h1-12H,(H,21,27)(H,25,26)(H,22,23,24)/b11-10-. The second-order valence-electron chi connectivity index (χ2n) is 5.60. The fourth-order valence-corrected chi connectivity index (χ4v) is 3.00. The number of carboxylic acids is 1. The summed E-state index contributed by atoms with van der Waals surface area (Å²) in [6, 6.07) is 16.1. The number of carboxylic acid groups (broad SMARTS) is 1.